The van der Waals surface area contributed by atoms with Gasteiger partial charge < -0.3 is 10.2 Å². The molecule has 1 aliphatic rings. The van der Waals surface area contributed by atoms with Crippen molar-refractivity contribution < 1.29 is 17.6 Å². The van der Waals surface area contributed by atoms with Crippen LogP contribution in [0.15, 0.2) is 54.9 Å². The van der Waals surface area contributed by atoms with Gasteiger partial charge in [-0.05, 0) is 46.5 Å². The van der Waals surface area contributed by atoms with E-state index in [0.29, 0.717) is 30.9 Å². The predicted octanol–water partition coefficient (Wildman–Crippen LogP) is 4.77. The molecule has 1 saturated heterocycles. The number of hydrogen-bond donors (Lipinski definition) is 2. The second-order valence-corrected chi connectivity index (χ2v) is 8.13. The van der Waals surface area contributed by atoms with Crippen LogP contribution in [0, 0.1) is 5.82 Å². The summed E-state index contributed by atoms with van der Waals surface area (Å²) in [6, 6.07) is 12.2. The molecule has 0 saturated carbocycles. The van der Waals surface area contributed by atoms with Crippen LogP contribution in [0.5, 0.6) is 0 Å². The number of tetrazole rings is 1. The summed E-state index contributed by atoms with van der Waals surface area (Å²) < 4.78 is 54.1. The molecule has 2 aromatic carbocycles. The second kappa shape index (κ2) is 9.28. The average Bonchev–Trinajstić information content (AvgIpc) is 3.56. The summed E-state index contributed by atoms with van der Waals surface area (Å²) in [5.41, 5.74) is 1.68. The summed E-state index contributed by atoms with van der Waals surface area (Å²) in [6.07, 6.45) is -1.67. The van der Waals surface area contributed by atoms with Gasteiger partial charge in [0.25, 0.3) is 0 Å². The fourth-order valence-corrected chi connectivity index (χ4v) is 4.19. The van der Waals surface area contributed by atoms with Crippen molar-refractivity contribution in [3.05, 3.63) is 77.4 Å². The predicted molar refractivity (Wildman–Crippen MR) is 120 cm³/mol. The lowest BCUT2D eigenvalue weighted by molar-refractivity contribution is -0.137. The Morgan fingerprint density at radius 3 is 2.49 bits per heavy atom. The van der Waals surface area contributed by atoms with Gasteiger partial charge in [0.15, 0.2) is 17.5 Å². The number of alkyl halides is 3. The van der Waals surface area contributed by atoms with E-state index in [1.807, 2.05) is 24.3 Å². The Bertz CT molecular complexity index is 1270. The number of aromatic amines is 1. The number of nitrogens with one attached hydrogen (secondary N) is 2. The molecule has 1 unspecified atom stereocenters. The summed E-state index contributed by atoms with van der Waals surface area (Å²) in [7, 11) is 0. The van der Waals surface area contributed by atoms with Crippen LogP contribution in [0.3, 0.4) is 0 Å². The molecule has 0 amide bonds. The molecule has 5 rings (SSSR count). The van der Waals surface area contributed by atoms with Gasteiger partial charge in [-0.15, -0.1) is 5.10 Å². The summed E-state index contributed by atoms with van der Waals surface area (Å²) in [5, 5.41) is 16.6. The smallest absolute Gasteiger partial charge is 0.363 e. The highest BCUT2D eigenvalue weighted by Crippen LogP contribution is 2.38. The number of H-pyrrole nitrogens is 1. The molecule has 0 spiro atoms. The first-order valence-electron chi connectivity index (χ1n) is 10.9. The number of aromatic nitrogens is 6. The first kappa shape index (κ1) is 22.7. The lowest BCUT2D eigenvalue weighted by atomic mass is 10.0. The van der Waals surface area contributed by atoms with Crippen LogP contribution in [-0.2, 0) is 12.7 Å². The minimum atomic E-state index is -4.40. The highest BCUT2D eigenvalue weighted by molar-refractivity contribution is 5.55. The topological polar surface area (TPSA) is 95.5 Å². The summed E-state index contributed by atoms with van der Waals surface area (Å²) in [6.45, 7) is 0.863. The molecule has 8 nitrogen and oxygen atoms in total. The van der Waals surface area contributed by atoms with Gasteiger partial charge in [0.05, 0.1) is 11.6 Å². The first-order chi connectivity index (χ1) is 16.9. The number of nitrogens with zero attached hydrogens (tertiary/aromatic N) is 6. The van der Waals surface area contributed by atoms with E-state index in [9.17, 15) is 13.2 Å². The summed E-state index contributed by atoms with van der Waals surface area (Å²) in [4.78, 5) is 9.97. The van der Waals surface area contributed by atoms with E-state index in [1.54, 1.807) is 4.90 Å². The van der Waals surface area contributed by atoms with Crippen molar-refractivity contribution in [1.29, 1.82) is 0 Å². The Kier molecular flexibility index (Phi) is 6.01. The second-order valence-electron chi connectivity index (χ2n) is 8.13. The molecule has 1 atom stereocenters. The van der Waals surface area contributed by atoms with Crippen molar-refractivity contribution in [3.8, 4) is 11.4 Å². The van der Waals surface area contributed by atoms with Crippen molar-refractivity contribution in [2.75, 3.05) is 16.8 Å². The van der Waals surface area contributed by atoms with Crippen LogP contribution in [-0.4, -0.2) is 37.1 Å². The van der Waals surface area contributed by atoms with Gasteiger partial charge >= 0.3 is 6.18 Å². The largest absolute Gasteiger partial charge is 0.416 e. The third kappa shape index (κ3) is 4.77. The van der Waals surface area contributed by atoms with Crippen LogP contribution in [0.2, 0.25) is 0 Å². The number of benzene rings is 2. The van der Waals surface area contributed by atoms with Crippen LogP contribution in [0.1, 0.15) is 35.6 Å². The standard InChI is InChI=1S/C23H20F4N8/c24-19-21(28-12-14-3-5-16(6-4-14)20-31-33-34-32-20)29-13-30-22(19)35-11-1-2-18(35)15-7-9-17(10-8-15)23(25,26)27/h3-10,13,18H,1-2,11-12H2,(H,28,29,30)(H,31,32,33,34). The zero-order chi connectivity index (χ0) is 24.4. The molecular formula is C23H20F4N8. The first-order valence-corrected chi connectivity index (χ1v) is 10.9. The zero-order valence-electron chi connectivity index (χ0n) is 18.3. The van der Waals surface area contributed by atoms with Crippen molar-refractivity contribution in [3.63, 3.8) is 0 Å². The molecule has 0 aliphatic carbocycles. The molecule has 3 heterocycles. The van der Waals surface area contributed by atoms with Crippen LogP contribution in [0.25, 0.3) is 11.4 Å². The van der Waals surface area contributed by atoms with Crippen molar-refractivity contribution in [1.82, 2.24) is 30.6 Å². The van der Waals surface area contributed by atoms with E-state index < -0.39 is 17.6 Å². The Morgan fingerprint density at radius 1 is 1.03 bits per heavy atom. The van der Waals surface area contributed by atoms with Gasteiger partial charge in [-0.3, -0.25) is 0 Å². The highest BCUT2D eigenvalue weighted by atomic mass is 19.4. The SMILES string of the molecule is Fc1c(NCc2ccc(-c3nnn[nH]3)cc2)ncnc1N1CCCC1c1ccc(C(F)(F)F)cc1. The molecule has 2 aromatic heterocycles. The number of halogens is 4. The Morgan fingerprint density at radius 2 is 1.80 bits per heavy atom. The zero-order valence-corrected chi connectivity index (χ0v) is 18.3. The maximum Gasteiger partial charge on any atom is 0.416 e. The molecule has 1 fully saturated rings. The maximum atomic E-state index is 15.4. The van der Waals surface area contributed by atoms with E-state index >= 15 is 4.39 Å². The Labute approximate surface area is 197 Å². The molecule has 180 valence electrons. The van der Waals surface area contributed by atoms with Gasteiger partial charge in [-0.2, -0.15) is 17.6 Å². The lowest BCUT2D eigenvalue weighted by Gasteiger charge is -2.27. The molecule has 1 aliphatic heterocycles. The number of hydrogen-bond acceptors (Lipinski definition) is 7. The molecule has 12 heteroatoms. The van der Waals surface area contributed by atoms with E-state index in [0.717, 1.165) is 29.7 Å². The quantitative estimate of drug-likeness (QED) is 0.381. The van der Waals surface area contributed by atoms with Crippen LogP contribution in [0.4, 0.5) is 29.2 Å². The maximum absolute atomic E-state index is 15.4. The van der Waals surface area contributed by atoms with Crippen LogP contribution < -0.4 is 10.2 Å². The third-order valence-electron chi connectivity index (χ3n) is 5.95. The van der Waals surface area contributed by atoms with E-state index in [2.05, 4.69) is 35.9 Å². The highest BCUT2D eigenvalue weighted by Gasteiger charge is 2.33. The fraction of sp³-hybridized carbons (Fsp3) is 0.261. The van der Waals surface area contributed by atoms with E-state index in [-0.39, 0.29) is 17.7 Å². The summed E-state index contributed by atoms with van der Waals surface area (Å²) >= 11 is 0. The average molecular weight is 484 g/mol. The fourth-order valence-electron chi connectivity index (χ4n) is 4.19. The van der Waals surface area contributed by atoms with Crippen molar-refractivity contribution >= 4 is 11.6 Å². The van der Waals surface area contributed by atoms with Gasteiger partial charge in [0, 0.05) is 18.7 Å². The van der Waals surface area contributed by atoms with E-state index in [1.165, 1.54) is 18.5 Å². The van der Waals surface area contributed by atoms with Crippen LogP contribution >= 0.6 is 0 Å². The lowest BCUT2D eigenvalue weighted by Crippen LogP contribution is -2.25. The van der Waals surface area contributed by atoms with Gasteiger partial charge in [-0.1, -0.05) is 36.4 Å². The normalized spacial score (nSPS) is 16.0. The third-order valence-corrected chi connectivity index (χ3v) is 5.95. The van der Waals surface area contributed by atoms with Crippen molar-refractivity contribution in [2.45, 2.75) is 31.6 Å². The molecule has 0 radical (unpaired) electrons. The Hall–Kier alpha value is -4.09. The van der Waals surface area contributed by atoms with E-state index in [4.69, 9.17) is 0 Å². The summed E-state index contributed by atoms with van der Waals surface area (Å²) in [5.74, 6) is 0.120. The Balaban J connectivity index is 1.31. The number of anilines is 2. The van der Waals surface area contributed by atoms with Crippen molar-refractivity contribution in [2.24, 2.45) is 0 Å². The minimum absolute atomic E-state index is 0.0524. The number of rotatable bonds is 6. The minimum Gasteiger partial charge on any atom is -0.363 e. The molecule has 35 heavy (non-hydrogen) atoms. The van der Waals surface area contributed by atoms with Gasteiger partial charge in [0.2, 0.25) is 5.82 Å². The molecule has 0 bridgehead atoms. The van der Waals surface area contributed by atoms with Gasteiger partial charge in [-0.25, -0.2) is 15.1 Å². The van der Waals surface area contributed by atoms with Gasteiger partial charge in [0.1, 0.15) is 6.33 Å². The molecular weight excluding hydrogens is 464 g/mol. The molecule has 4 aromatic rings. The molecule has 2 N–H and O–H groups in total. The monoisotopic (exact) mass is 484 g/mol.